The highest BCUT2D eigenvalue weighted by Crippen LogP contribution is 2.44. The maximum absolute atomic E-state index is 12.8. The summed E-state index contributed by atoms with van der Waals surface area (Å²) in [4.78, 5) is 35.3. The smallest absolute Gasteiger partial charge is 0.287 e. The lowest BCUT2D eigenvalue weighted by Crippen LogP contribution is -2.36. The van der Waals surface area contributed by atoms with E-state index in [1.54, 1.807) is 16.9 Å². The molecule has 9 nitrogen and oxygen atoms in total. The Bertz CT molecular complexity index is 1420. The second-order valence-electron chi connectivity index (χ2n) is 8.07. The van der Waals surface area contributed by atoms with Crippen molar-refractivity contribution in [1.82, 2.24) is 15.1 Å². The van der Waals surface area contributed by atoms with Gasteiger partial charge < -0.3 is 4.74 Å². The van der Waals surface area contributed by atoms with Crippen LogP contribution in [0.2, 0.25) is 0 Å². The van der Waals surface area contributed by atoms with Gasteiger partial charge in [0, 0.05) is 23.9 Å². The molecule has 0 bridgehead atoms. The number of nitrogens with zero attached hydrogens (tertiary/aromatic N) is 3. The Morgan fingerprint density at radius 3 is 2.51 bits per heavy atom. The Balaban J connectivity index is 1.25. The van der Waals surface area contributed by atoms with Crippen molar-refractivity contribution < 1.29 is 19.2 Å². The molecule has 2 heterocycles. The largest absolute Gasteiger partial charge is 0.492 e. The second-order valence-corrected chi connectivity index (χ2v) is 9.35. The van der Waals surface area contributed by atoms with Gasteiger partial charge in [-0.25, -0.2) is 0 Å². The van der Waals surface area contributed by atoms with E-state index in [2.05, 4.69) is 10.4 Å². The first-order valence-electron chi connectivity index (χ1n) is 10.9. The molecule has 4 aromatic rings. The van der Waals surface area contributed by atoms with E-state index in [0.29, 0.717) is 30.7 Å². The van der Waals surface area contributed by atoms with Crippen molar-refractivity contribution in [3.05, 3.63) is 100 Å². The second kappa shape index (κ2) is 9.22. The van der Waals surface area contributed by atoms with Crippen LogP contribution in [0.4, 0.5) is 10.5 Å². The molecular weight excluding hydrogens is 468 g/mol. The van der Waals surface area contributed by atoms with Gasteiger partial charge in [-0.2, -0.15) is 5.10 Å². The number of fused-ring (bicyclic) bond motifs is 1. The summed E-state index contributed by atoms with van der Waals surface area (Å²) in [5, 5.41) is 18.0. The molecule has 3 aromatic carbocycles. The maximum atomic E-state index is 12.8. The first-order chi connectivity index (χ1) is 16.9. The van der Waals surface area contributed by atoms with Gasteiger partial charge in [0.25, 0.3) is 10.9 Å². The summed E-state index contributed by atoms with van der Waals surface area (Å²) in [5.41, 5.74) is 2.51. The fraction of sp³-hybridized carbons (Fsp3) is 0.160. The summed E-state index contributed by atoms with van der Waals surface area (Å²) < 4.78 is 6.59. The first-order valence-corrected chi connectivity index (χ1v) is 11.7. The fourth-order valence-electron chi connectivity index (χ4n) is 4.15. The molecule has 0 radical (unpaired) electrons. The number of ether oxygens (including phenoxy) is 1. The van der Waals surface area contributed by atoms with E-state index in [9.17, 15) is 19.7 Å². The van der Waals surface area contributed by atoms with Crippen LogP contribution < -0.4 is 10.1 Å². The zero-order chi connectivity index (χ0) is 24.4. The molecule has 1 saturated heterocycles. The number of non-ortho nitro benzene ring substituents is 1. The number of imide groups is 1. The minimum Gasteiger partial charge on any atom is -0.492 e. The fourth-order valence-corrected chi connectivity index (χ4v) is 5.24. The molecule has 1 fully saturated rings. The molecule has 1 unspecified atom stereocenters. The summed E-state index contributed by atoms with van der Waals surface area (Å²) in [7, 11) is 0. The number of nitro benzene ring substituents is 1. The lowest BCUT2D eigenvalue weighted by molar-refractivity contribution is -0.384. The van der Waals surface area contributed by atoms with Gasteiger partial charge in [-0.05, 0) is 41.1 Å². The molecule has 5 rings (SSSR count). The van der Waals surface area contributed by atoms with Crippen LogP contribution >= 0.6 is 11.8 Å². The Hall–Kier alpha value is -4.18. The number of nitrogens with one attached hydrogen (secondary N) is 1. The number of carbonyl (C=O) groups is 2. The van der Waals surface area contributed by atoms with Gasteiger partial charge >= 0.3 is 0 Å². The average molecular weight is 489 g/mol. The molecule has 0 spiro atoms. The monoisotopic (exact) mass is 488 g/mol. The third-order valence-electron chi connectivity index (χ3n) is 5.87. The van der Waals surface area contributed by atoms with Crippen molar-refractivity contribution in [3.8, 4) is 5.75 Å². The standard InChI is InChI=1S/C25H20N4O5S/c30-23-25(35-24(31)27-23,19-4-2-1-3-5-19)15-17-6-9-21(10-7-17)34-13-12-28-22-11-8-20(29(32)33)14-18(22)16-26-28/h1-11,14,16H,12-13,15H2,(H,27,30,31). The molecule has 10 heteroatoms. The van der Waals surface area contributed by atoms with Crippen molar-refractivity contribution in [1.29, 1.82) is 0 Å². The Kier molecular flexibility index (Phi) is 5.96. The van der Waals surface area contributed by atoms with E-state index in [1.165, 1.54) is 12.1 Å². The highest BCUT2D eigenvalue weighted by molar-refractivity contribution is 8.15. The van der Waals surface area contributed by atoms with Gasteiger partial charge in [-0.15, -0.1) is 0 Å². The Labute approximate surface area is 204 Å². The summed E-state index contributed by atoms with van der Waals surface area (Å²) in [5.74, 6) is 0.352. The van der Waals surface area contributed by atoms with Gasteiger partial charge in [0.15, 0.2) is 0 Å². The van der Waals surface area contributed by atoms with Crippen molar-refractivity contribution in [3.63, 3.8) is 0 Å². The van der Waals surface area contributed by atoms with E-state index in [4.69, 9.17) is 4.74 Å². The van der Waals surface area contributed by atoms with Gasteiger partial charge in [-0.3, -0.25) is 29.7 Å². The van der Waals surface area contributed by atoms with Crippen LogP contribution in [0.5, 0.6) is 5.75 Å². The number of carbonyl (C=O) groups excluding carboxylic acids is 2. The minimum absolute atomic E-state index is 0.0280. The predicted octanol–water partition coefficient (Wildman–Crippen LogP) is 4.44. The van der Waals surface area contributed by atoms with E-state index in [0.717, 1.165) is 28.4 Å². The lowest BCUT2D eigenvalue weighted by Gasteiger charge is -2.25. The van der Waals surface area contributed by atoms with E-state index in [1.807, 2.05) is 54.6 Å². The van der Waals surface area contributed by atoms with Gasteiger partial charge in [0.2, 0.25) is 5.91 Å². The number of aromatic nitrogens is 2. The van der Waals surface area contributed by atoms with Crippen LogP contribution in [0.25, 0.3) is 10.9 Å². The number of hydrogen-bond acceptors (Lipinski definition) is 7. The van der Waals surface area contributed by atoms with E-state index < -0.39 is 9.67 Å². The topological polar surface area (TPSA) is 116 Å². The molecule has 0 aliphatic carbocycles. The van der Waals surface area contributed by atoms with Crippen molar-refractivity contribution in [2.75, 3.05) is 6.61 Å². The van der Waals surface area contributed by atoms with Crippen LogP contribution in [-0.2, 0) is 22.5 Å². The SMILES string of the molecule is O=C1NC(=O)C(Cc2ccc(OCCn3ncc4cc([N+](=O)[O-])ccc43)cc2)(c2ccccc2)S1. The minimum atomic E-state index is -1.00. The average Bonchev–Trinajstić information content (AvgIpc) is 3.40. The van der Waals surface area contributed by atoms with Crippen LogP contribution in [0.3, 0.4) is 0 Å². The van der Waals surface area contributed by atoms with Gasteiger partial charge in [0.05, 0.1) is 23.2 Å². The molecule has 1 atom stereocenters. The quantitative estimate of drug-likeness (QED) is 0.288. The number of nitro groups is 1. The number of rotatable bonds is 8. The summed E-state index contributed by atoms with van der Waals surface area (Å²) in [6, 6.07) is 21.4. The Morgan fingerprint density at radius 2 is 1.83 bits per heavy atom. The zero-order valence-corrected chi connectivity index (χ0v) is 19.2. The Morgan fingerprint density at radius 1 is 1.06 bits per heavy atom. The summed E-state index contributed by atoms with van der Waals surface area (Å²) in [6.45, 7) is 0.826. The molecule has 0 saturated carbocycles. The molecule has 1 aliphatic rings. The number of amides is 2. The van der Waals surface area contributed by atoms with E-state index in [-0.39, 0.29) is 16.8 Å². The third kappa shape index (κ3) is 4.47. The van der Waals surface area contributed by atoms with Crippen molar-refractivity contribution in [2.45, 2.75) is 17.7 Å². The lowest BCUT2D eigenvalue weighted by atomic mass is 9.90. The molecule has 1 aromatic heterocycles. The number of thioether (sulfide) groups is 1. The van der Waals surface area contributed by atoms with Gasteiger partial charge in [-0.1, -0.05) is 42.5 Å². The van der Waals surface area contributed by atoms with E-state index >= 15 is 0 Å². The van der Waals surface area contributed by atoms with Crippen LogP contribution in [0.15, 0.2) is 79.0 Å². The van der Waals surface area contributed by atoms with Crippen LogP contribution in [-0.4, -0.2) is 32.5 Å². The summed E-state index contributed by atoms with van der Waals surface area (Å²) in [6.07, 6.45) is 1.96. The number of benzene rings is 3. The predicted molar refractivity (Wildman–Crippen MR) is 131 cm³/mol. The van der Waals surface area contributed by atoms with Gasteiger partial charge in [0.1, 0.15) is 17.1 Å². The van der Waals surface area contributed by atoms with Crippen molar-refractivity contribution >= 4 is 39.5 Å². The number of hydrogen-bond donors (Lipinski definition) is 1. The molecule has 176 valence electrons. The van der Waals surface area contributed by atoms with Crippen LogP contribution in [0.1, 0.15) is 11.1 Å². The molecule has 1 N–H and O–H groups in total. The maximum Gasteiger partial charge on any atom is 0.287 e. The molecule has 2 amide bonds. The highest BCUT2D eigenvalue weighted by atomic mass is 32.2. The first kappa shape index (κ1) is 22.6. The zero-order valence-electron chi connectivity index (χ0n) is 18.4. The van der Waals surface area contributed by atoms with Crippen LogP contribution in [0, 0.1) is 10.1 Å². The summed E-state index contributed by atoms with van der Waals surface area (Å²) >= 11 is 1.01. The van der Waals surface area contributed by atoms with Crippen molar-refractivity contribution in [2.24, 2.45) is 0 Å². The third-order valence-corrected chi connectivity index (χ3v) is 7.08. The molecular formula is C25H20N4O5S. The molecule has 35 heavy (non-hydrogen) atoms. The normalized spacial score (nSPS) is 17.5. The highest BCUT2D eigenvalue weighted by Gasteiger charge is 2.49. The molecule has 1 aliphatic heterocycles.